The fourth-order valence-corrected chi connectivity index (χ4v) is 9.99. The molecular weight excluding hydrogens is 757 g/mol. The molecule has 1 saturated heterocycles. The van der Waals surface area contributed by atoms with Crippen molar-refractivity contribution in [2.24, 2.45) is 5.92 Å². The summed E-state index contributed by atoms with van der Waals surface area (Å²) in [4.78, 5) is 24.5. The number of rotatable bonds is 49. The van der Waals surface area contributed by atoms with E-state index in [1.807, 2.05) is 0 Å². The lowest BCUT2D eigenvalue weighted by atomic mass is 9.93. The van der Waals surface area contributed by atoms with Gasteiger partial charge in [-0.3, -0.25) is 9.69 Å². The summed E-state index contributed by atoms with van der Waals surface area (Å²) in [7, 11) is 0. The molecule has 62 heavy (non-hydrogen) atoms. The first-order valence-corrected chi connectivity index (χ1v) is 29.0. The number of carbonyl (C=O) groups is 1. The van der Waals surface area contributed by atoms with E-state index in [-0.39, 0.29) is 0 Å². The van der Waals surface area contributed by atoms with E-state index < -0.39 is 0 Å². The van der Waals surface area contributed by atoms with Crippen LogP contribution in [0, 0.1) is 5.92 Å². The van der Waals surface area contributed by atoms with Crippen LogP contribution < -0.4 is 0 Å². The lowest BCUT2D eigenvalue weighted by Gasteiger charge is -2.35. The van der Waals surface area contributed by atoms with Crippen LogP contribution in [0.5, 0.6) is 0 Å². The maximum atomic E-state index is 14.0. The highest BCUT2D eigenvalue weighted by molar-refractivity contribution is 5.78. The first-order chi connectivity index (χ1) is 30.6. The molecule has 1 aliphatic rings. The van der Waals surface area contributed by atoms with E-state index in [1.54, 1.807) is 0 Å². The van der Waals surface area contributed by atoms with E-state index in [0.717, 1.165) is 38.6 Å². The largest absolute Gasteiger partial charge is 0.342 e. The summed E-state index contributed by atoms with van der Waals surface area (Å²) >= 11 is 0. The molecule has 0 aromatic carbocycles. The Labute approximate surface area is 391 Å². The molecule has 0 aromatic rings. The van der Waals surface area contributed by atoms with Gasteiger partial charge in [0.1, 0.15) is 0 Å². The van der Waals surface area contributed by atoms with Crippen molar-refractivity contribution in [3.63, 3.8) is 0 Å². The maximum absolute atomic E-state index is 14.0. The average Bonchev–Trinajstić information content (AvgIpc) is 3.28. The molecule has 0 unspecified atom stereocenters. The quantitative estimate of drug-likeness (QED) is 0.0570. The zero-order valence-electron chi connectivity index (χ0n) is 43.6. The van der Waals surface area contributed by atoms with Gasteiger partial charge in [0.2, 0.25) is 5.91 Å². The Morgan fingerprint density at radius 3 is 0.919 bits per heavy atom. The molecule has 0 radical (unpaired) electrons. The third-order valence-corrected chi connectivity index (χ3v) is 14.6. The van der Waals surface area contributed by atoms with Gasteiger partial charge >= 0.3 is 0 Å². The van der Waals surface area contributed by atoms with Crippen molar-refractivity contribution in [2.45, 2.75) is 285 Å². The molecule has 0 aromatic heterocycles. The average molecular weight is 874 g/mol. The molecule has 0 N–H and O–H groups in total. The van der Waals surface area contributed by atoms with Crippen LogP contribution in [-0.4, -0.2) is 97.5 Å². The second-order valence-corrected chi connectivity index (χ2v) is 20.5. The molecule has 1 fully saturated rings. The first-order valence-electron chi connectivity index (χ1n) is 29.0. The molecule has 0 atom stereocenters. The van der Waals surface area contributed by atoms with Crippen LogP contribution in [0.15, 0.2) is 0 Å². The van der Waals surface area contributed by atoms with Crippen molar-refractivity contribution in [1.82, 2.24) is 19.6 Å². The Kier molecular flexibility index (Phi) is 44.9. The standard InChI is InChI=1S/C57H116N4O/c1-6-11-16-21-26-31-36-41-49-60(54-53-59(47-39-34-29-24-19-14-9-4)48-40-35-30-25-20-15-10-5)55-57(62)61-51-43-56(44-52-61)42-50-58(45-37-32-27-22-17-12-7-2)46-38-33-28-23-18-13-8-3/h56H,6-55H2,1-5H3. The summed E-state index contributed by atoms with van der Waals surface area (Å²) in [6, 6.07) is 0. The predicted octanol–water partition coefficient (Wildman–Crippen LogP) is 16.7. The number of amides is 1. The van der Waals surface area contributed by atoms with Crippen molar-refractivity contribution in [1.29, 1.82) is 0 Å². The van der Waals surface area contributed by atoms with E-state index in [4.69, 9.17) is 0 Å². The third-order valence-electron chi connectivity index (χ3n) is 14.6. The van der Waals surface area contributed by atoms with Crippen LogP contribution in [0.3, 0.4) is 0 Å². The minimum absolute atomic E-state index is 0.410. The SMILES string of the molecule is CCCCCCCCCCN(CCN(CCCCCCCCC)CCCCCCCCC)CC(=O)N1CCC(CCN(CCCCCCCCC)CCCCCCCCC)CC1. The van der Waals surface area contributed by atoms with E-state index in [2.05, 4.69) is 54.2 Å². The zero-order chi connectivity index (χ0) is 44.8. The lowest BCUT2D eigenvalue weighted by Crippen LogP contribution is -2.46. The molecule has 1 aliphatic heterocycles. The Morgan fingerprint density at radius 1 is 0.339 bits per heavy atom. The van der Waals surface area contributed by atoms with Crippen LogP contribution >= 0.6 is 0 Å². The van der Waals surface area contributed by atoms with Gasteiger partial charge in [-0.2, -0.15) is 0 Å². The number of carbonyl (C=O) groups excluding carboxylic acids is 1. The number of hydrogen-bond acceptors (Lipinski definition) is 4. The highest BCUT2D eigenvalue weighted by Crippen LogP contribution is 2.22. The van der Waals surface area contributed by atoms with Crippen LogP contribution in [0.2, 0.25) is 0 Å². The van der Waals surface area contributed by atoms with E-state index in [0.29, 0.717) is 12.5 Å². The van der Waals surface area contributed by atoms with Gasteiger partial charge < -0.3 is 14.7 Å². The van der Waals surface area contributed by atoms with Gasteiger partial charge in [0.15, 0.2) is 0 Å². The van der Waals surface area contributed by atoms with Crippen LogP contribution in [0.1, 0.15) is 285 Å². The highest BCUT2D eigenvalue weighted by Gasteiger charge is 2.25. The topological polar surface area (TPSA) is 30.0 Å². The maximum Gasteiger partial charge on any atom is 0.236 e. The summed E-state index contributed by atoms with van der Waals surface area (Å²) in [5.41, 5.74) is 0. The molecule has 5 heteroatoms. The fraction of sp³-hybridized carbons (Fsp3) is 0.982. The monoisotopic (exact) mass is 873 g/mol. The molecule has 0 saturated carbocycles. The molecule has 5 nitrogen and oxygen atoms in total. The van der Waals surface area contributed by atoms with E-state index >= 15 is 0 Å². The van der Waals surface area contributed by atoms with Crippen LogP contribution in [0.4, 0.5) is 0 Å². The van der Waals surface area contributed by atoms with Gasteiger partial charge in [-0.25, -0.2) is 0 Å². The molecule has 1 amide bonds. The summed E-state index contributed by atoms with van der Waals surface area (Å²) in [5, 5.41) is 0. The van der Waals surface area contributed by atoms with Crippen molar-refractivity contribution in [3.05, 3.63) is 0 Å². The molecule has 0 spiro atoms. The zero-order valence-corrected chi connectivity index (χ0v) is 43.6. The smallest absolute Gasteiger partial charge is 0.236 e. The normalized spacial score (nSPS) is 13.8. The minimum Gasteiger partial charge on any atom is -0.342 e. The van der Waals surface area contributed by atoms with Crippen molar-refractivity contribution >= 4 is 5.91 Å². The van der Waals surface area contributed by atoms with Crippen molar-refractivity contribution in [2.75, 3.05) is 72.0 Å². The van der Waals surface area contributed by atoms with Gasteiger partial charge in [-0.1, -0.05) is 234 Å². The number of likely N-dealkylation sites (tertiary alicyclic amines) is 1. The highest BCUT2D eigenvalue weighted by atomic mass is 16.2. The fourth-order valence-electron chi connectivity index (χ4n) is 9.99. The molecule has 0 aliphatic carbocycles. The lowest BCUT2D eigenvalue weighted by molar-refractivity contribution is -0.134. The Balaban J connectivity index is 2.72. The van der Waals surface area contributed by atoms with Gasteiger partial charge in [-0.05, 0) is 96.6 Å². The van der Waals surface area contributed by atoms with Crippen LogP contribution in [-0.2, 0) is 4.79 Å². The molecule has 1 rings (SSSR count). The summed E-state index contributed by atoms with van der Waals surface area (Å²) < 4.78 is 0. The first kappa shape index (κ1) is 59.4. The van der Waals surface area contributed by atoms with Crippen molar-refractivity contribution < 1.29 is 4.79 Å². The molecule has 370 valence electrons. The van der Waals surface area contributed by atoms with Gasteiger partial charge in [-0.15, -0.1) is 0 Å². The summed E-state index contributed by atoms with van der Waals surface area (Å²) in [6.07, 6.45) is 53.5. The minimum atomic E-state index is 0.410. The third kappa shape index (κ3) is 37.6. The Bertz CT molecular complexity index is 854. The second-order valence-electron chi connectivity index (χ2n) is 20.5. The Morgan fingerprint density at radius 2 is 0.597 bits per heavy atom. The summed E-state index contributed by atoms with van der Waals surface area (Å²) in [5.74, 6) is 1.19. The summed E-state index contributed by atoms with van der Waals surface area (Å²) in [6.45, 7) is 23.8. The second kappa shape index (κ2) is 46.9. The van der Waals surface area contributed by atoms with Crippen molar-refractivity contribution in [3.8, 4) is 0 Å². The molecule has 1 heterocycles. The Hall–Kier alpha value is -0.650. The van der Waals surface area contributed by atoms with Crippen LogP contribution in [0.25, 0.3) is 0 Å². The number of hydrogen-bond donors (Lipinski definition) is 0. The predicted molar refractivity (Wildman–Crippen MR) is 278 cm³/mol. The number of piperidine rings is 1. The number of nitrogens with zero attached hydrogens (tertiary/aromatic N) is 4. The van der Waals surface area contributed by atoms with Gasteiger partial charge in [0.05, 0.1) is 6.54 Å². The van der Waals surface area contributed by atoms with E-state index in [9.17, 15) is 4.79 Å². The van der Waals surface area contributed by atoms with Gasteiger partial charge in [0.25, 0.3) is 0 Å². The number of unbranched alkanes of at least 4 members (excludes halogenated alkanes) is 31. The van der Waals surface area contributed by atoms with Gasteiger partial charge in [0, 0.05) is 26.2 Å². The molecule has 0 bridgehead atoms. The van der Waals surface area contributed by atoms with E-state index in [1.165, 1.54) is 283 Å². The molecular formula is C57H116N4O.